The number of carbonyl (C=O) groups excluding carboxylic acids is 1. The zero-order valence-electron chi connectivity index (χ0n) is 13.5. The Bertz CT molecular complexity index is 782. The first-order valence-electron chi connectivity index (χ1n) is 7.64. The Labute approximate surface area is 155 Å². The van der Waals surface area contributed by atoms with Gasteiger partial charge in [0.05, 0.1) is 20.0 Å². The normalized spacial score (nSPS) is 11.9. The van der Waals surface area contributed by atoms with E-state index in [4.69, 9.17) is 0 Å². The van der Waals surface area contributed by atoms with E-state index in [9.17, 15) is 4.79 Å². The van der Waals surface area contributed by atoms with Crippen molar-refractivity contribution in [3.8, 4) is 9.88 Å². The zero-order valence-corrected chi connectivity index (χ0v) is 16.0. The van der Waals surface area contributed by atoms with Gasteiger partial charge in [0.15, 0.2) is 0 Å². The van der Waals surface area contributed by atoms with Crippen molar-refractivity contribution in [3.05, 3.63) is 41.3 Å². The highest BCUT2D eigenvalue weighted by Gasteiger charge is 2.13. The third kappa shape index (κ3) is 4.33. The fraction of sp³-hybridized carbons (Fsp3) is 0.294. The molecule has 2 heterocycles. The standard InChI is InChI=1S/C17H19N3OS2.ClH/c1-3-18-11(2)10-19-16(21)14-8-9-15(22-14)17-20-12-6-4-5-7-13(12)23-17;/h4-9,11,18H,3,10H2,1-2H3,(H,19,21);1H/t11-;/m1./s1. The number of carbonyl (C=O) groups is 1. The zero-order chi connectivity index (χ0) is 16.2. The summed E-state index contributed by atoms with van der Waals surface area (Å²) in [5.41, 5.74) is 1.01. The Kier molecular flexibility index (Phi) is 6.74. The Morgan fingerprint density at radius 3 is 2.75 bits per heavy atom. The van der Waals surface area contributed by atoms with Gasteiger partial charge in [-0.2, -0.15) is 0 Å². The van der Waals surface area contributed by atoms with E-state index in [0.717, 1.165) is 26.8 Å². The van der Waals surface area contributed by atoms with Gasteiger partial charge >= 0.3 is 0 Å². The van der Waals surface area contributed by atoms with Crippen LogP contribution in [0.4, 0.5) is 0 Å². The van der Waals surface area contributed by atoms with Crippen molar-refractivity contribution in [1.29, 1.82) is 0 Å². The molecule has 1 amide bonds. The highest BCUT2D eigenvalue weighted by molar-refractivity contribution is 7.26. The molecule has 1 aromatic carbocycles. The monoisotopic (exact) mass is 381 g/mol. The largest absolute Gasteiger partial charge is 0.350 e. The van der Waals surface area contributed by atoms with Crippen LogP contribution in [0.5, 0.6) is 0 Å². The van der Waals surface area contributed by atoms with Crippen LogP contribution in [0.25, 0.3) is 20.1 Å². The van der Waals surface area contributed by atoms with Crippen molar-refractivity contribution in [2.24, 2.45) is 0 Å². The van der Waals surface area contributed by atoms with Crippen LogP contribution in [-0.4, -0.2) is 30.0 Å². The number of fused-ring (bicyclic) bond motifs is 1. The number of nitrogens with one attached hydrogen (secondary N) is 2. The third-order valence-electron chi connectivity index (χ3n) is 3.46. The Balaban J connectivity index is 0.00000208. The maximum atomic E-state index is 12.2. The van der Waals surface area contributed by atoms with Gasteiger partial charge in [0.1, 0.15) is 5.01 Å². The number of halogens is 1. The number of amides is 1. The lowest BCUT2D eigenvalue weighted by molar-refractivity contribution is 0.0954. The van der Waals surface area contributed by atoms with E-state index >= 15 is 0 Å². The van der Waals surface area contributed by atoms with Gasteiger partial charge in [0.2, 0.25) is 0 Å². The Morgan fingerprint density at radius 2 is 2.00 bits per heavy atom. The van der Waals surface area contributed by atoms with Crippen molar-refractivity contribution in [3.63, 3.8) is 0 Å². The van der Waals surface area contributed by atoms with Crippen LogP contribution in [0.2, 0.25) is 0 Å². The molecule has 4 nitrogen and oxygen atoms in total. The molecule has 0 radical (unpaired) electrons. The summed E-state index contributed by atoms with van der Waals surface area (Å²) < 4.78 is 1.17. The number of thiazole rings is 1. The van der Waals surface area contributed by atoms with Gasteiger partial charge in [-0.1, -0.05) is 19.1 Å². The average Bonchev–Trinajstić information content (AvgIpc) is 3.19. The van der Waals surface area contributed by atoms with E-state index < -0.39 is 0 Å². The van der Waals surface area contributed by atoms with E-state index in [1.807, 2.05) is 30.3 Å². The molecule has 0 aliphatic carbocycles. The molecule has 2 N–H and O–H groups in total. The third-order valence-corrected chi connectivity index (χ3v) is 5.75. The van der Waals surface area contributed by atoms with Crippen LogP contribution in [0.15, 0.2) is 36.4 Å². The van der Waals surface area contributed by atoms with Gasteiger partial charge < -0.3 is 10.6 Å². The second-order valence-corrected chi connectivity index (χ2v) is 7.43. The molecule has 0 aliphatic rings. The number of thiophene rings is 1. The van der Waals surface area contributed by atoms with Crippen molar-refractivity contribution in [2.75, 3.05) is 13.1 Å². The van der Waals surface area contributed by atoms with E-state index in [-0.39, 0.29) is 24.4 Å². The summed E-state index contributed by atoms with van der Waals surface area (Å²) in [6, 6.07) is 12.2. The van der Waals surface area contributed by atoms with Gasteiger partial charge in [0, 0.05) is 12.6 Å². The molecule has 0 spiro atoms. The number of hydrogen-bond acceptors (Lipinski definition) is 5. The molecule has 2 aromatic heterocycles. The SMILES string of the molecule is CCN[C@H](C)CNC(=O)c1ccc(-c2nc3ccccc3s2)s1.Cl. The van der Waals surface area contributed by atoms with Crippen LogP contribution in [0.3, 0.4) is 0 Å². The van der Waals surface area contributed by atoms with Crippen molar-refractivity contribution in [2.45, 2.75) is 19.9 Å². The van der Waals surface area contributed by atoms with Gasteiger partial charge in [0.25, 0.3) is 5.91 Å². The van der Waals surface area contributed by atoms with E-state index in [1.165, 1.54) is 16.0 Å². The molecule has 0 saturated heterocycles. The molecule has 24 heavy (non-hydrogen) atoms. The molecular weight excluding hydrogens is 362 g/mol. The molecule has 0 bridgehead atoms. The lowest BCUT2D eigenvalue weighted by Crippen LogP contribution is -2.38. The van der Waals surface area contributed by atoms with Gasteiger partial charge in [-0.15, -0.1) is 35.1 Å². The van der Waals surface area contributed by atoms with Crippen molar-refractivity contribution >= 4 is 51.2 Å². The van der Waals surface area contributed by atoms with Crippen LogP contribution in [-0.2, 0) is 0 Å². The van der Waals surface area contributed by atoms with E-state index in [0.29, 0.717) is 6.54 Å². The molecule has 128 valence electrons. The topological polar surface area (TPSA) is 54.0 Å². The number of nitrogens with zero attached hydrogens (tertiary/aromatic N) is 1. The number of hydrogen-bond donors (Lipinski definition) is 2. The first-order chi connectivity index (χ1) is 11.2. The fourth-order valence-corrected chi connectivity index (χ4v) is 4.25. The van der Waals surface area contributed by atoms with Crippen LogP contribution in [0, 0.1) is 0 Å². The first-order valence-corrected chi connectivity index (χ1v) is 9.28. The van der Waals surface area contributed by atoms with Gasteiger partial charge in [-0.25, -0.2) is 4.98 Å². The maximum Gasteiger partial charge on any atom is 0.261 e. The molecule has 0 fully saturated rings. The molecular formula is C17H20ClN3OS2. The number of benzene rings is 1. The number of likely N-dealkylation sites (N-methyl/N-ethyl adjacent to an activating group) is 1. The molecule has 3 aromatic rings. The molecule has 7 heteroatoms. The lowest BCUT2D eigenvalue weighted by atomic mass is 10.3. The second-order valence-electron chi connectivity index (χ2n) is 5.32. The molecule has 0 saturated carbocycles. The Morgan fingerprint density at radius 1 is 1.21 bits per heavy atom. The smallest absolute Gasteiger partial charge is 0.261 e. The summed E-state index contributed by atoms with van der Waals surface area (Å²) in [6.45, 7) is 5.64. The summed E-state index contributed by atoms with van der Waals surface area (Å²) in [5.74, 6) is -0.0212. The van der Waals surface area contributed by atoms with Crippen LogP contribution < -0.4 is 10.6 Å². The van der Waals surface area contributed by atoms with E-state index in [1.54, 1.807) is 11.3 Å². The quantitative estimate of drug-likeness (QED) is 0.673. The van der Waals surface area contributed by atoms with Crippen LogP contribution >= 0.6 is 35.1 Å². The summed E-state index contributed by atoms with van der Waals surface area (Å²) in [6.07, 6.45) is 0. The van der Waals surface area contributed by atoms with Crippen LogP contribution in [0.1, 0.15) is 23.5 Å². The fourth-order valence-electron chi connectivity index (χ4n) is 2.31. The van der Waals surface area contributed by atoms with Crippen molar-refractivity contribution < 1.29 is 4.79 Å². The predicted octanol–water partition coefficient (Wildman–Crippen LogP) is 4.17. The van der Waals surface area contributed by atoms with E-state index in [2.05, 4.69) is 35.5 Å². The maximum absolute atomic E-state index is 12.2. The number of rotatable bonds is 6. The summed E-state index contributed by atoms with van der Waals surface area (Å²) >= 11 is 3.15. The Hall–Kier alpha value is -1.47. The summed E-state index contributed by atoms with van der Waals surface area (Å²) in [7, 11) is 0. The minimum Gasteiger partial charge on any atom is -0.350 e. The predicted molar refractivity (Wildman–Crippen MR) is 106 cm³/mol. The van der Waals surface area contributed by atoms with Gasteiger partial charge in [-0.3, -0.25) is 4.79 Å². The minimum atomic E-state index is -0.0212. The minimum absolute atomic E-state index is 0. The molecule has 0 aliphatic heterocycles. The van der Waals surface area contributed by atoms with Gasteiger partial charge in [-0.05, 0) is 37.7 Å². The number of aromatic nitrogens is 1. The summed E-state index contributed by atoms with van der Waals surface area (Å²) in [4.78, 5) is 18.6. The first kappa shape index (κ1) is 18.9. The molecule has 0 unspecified atom stereocenters. The average molecular weight is 382 g/mol. The van der Waals surface area contributed by atoms with Crippen molar-refractivity contribution in [1.82, 2.24) is 15.6 Å². The molecule has 1 atom stereocenters. The lowest BCUT2D eigenvalue weighted by Gasteiger charge is -2.12. The highest BCUT2D eigenvalue weighted by atomic mass is 35.5. The second kappa shape index (κ2) is 8.58. The summed E-state index contributed by atoms with van der Waals surface area (Å²) in [5, 5.41) is 7.21. The highest BCUT2D eigenvalue weighted by Crippen LogP contribution is 2.34. The molecule has 3 rings (SSSR count). The number of para-hydroxylation sites is 1.